The van der Waals surface area contributed by atoms with Crippen LogP contribution in [-0.2, 0) is 0 Å². The van der Waals surface area contributed by atoms with Gasteiger partial charge in [0.1, 0.15) is 17.1 Å². The van der Waals surface area contributed by atoms with Crippen molar-refractivity contribution in [3.63, 3.8) is 0 Å². The molecule has 7 heteroatoms. The molecule has 7 nitrogen and oxygen atoms in total. The van der Waals surface area contributed by atoms with Crippen molar-refractivity contribution >= 4 is 5.97 Å². The third-order valence-electron chi connectivity index (χ3n) is 3.25. The maximum absolute atomic E-state index is 11.1. The molecular weight excluding hydrogens is 300 g/mol. The van der Waals surface area contributed by atoms with E-state index in [1.807, 2.05) is 0 Å². The highest BCUT2D eigenvalue weighted by atomic mass is 16.5. The Labute approximate surface area is 130 Å². The van der Waals surface area contributed by atoms with E-state index in [9.17, 15) is 9.90 Å². The minimum atomic E-state index is -1.24. The number of rotatable bonds is 4. The van der Waals surface area contributed by atoms with E-state index in [4.69, 9.17) is 14.4 Å². The molecule has 0 aliphatic heterocycles. The molecule has 0 unspecified atom stereocenters. The van der Waals surface area contributed by atoms with Crippen LogP contribution in [0.25, 0.3) is 22.8 Å². The Morgan fingerprint density at radius 2 is 2.00 bits per heavy atom. The van der Waals surface area contributed by atoms with Crippen LogP contribution in [0.1, 0.15) is 10.4 Å². The molecule has 0 radical (unpaired) electrons. The molecule has 1 heterocycles. The molecule has 2 N–H and O–H groups in total. The zero-order valence-electron chi connectivity index (χ0n) is 12.1. The van der Waals surface area contributed by atoms with Crippen molar-refractivity contribution in [2.75, 3.05) is 7.11 Å². The number of hydrogen-bond acceptors (Lipinski definition) is 6. The molecular formula is C16H12N2O5. The fourth-order valence-corrected chi connectivity index (χ4v) is 2.10. The lowest BCUT2D eigenvalue weighted by atomic mass is 10.1. The average molecular weight is 312 g/mol. The van der Waals surface area contributed by atoms with Crippen LogP contribution in [0.15, 0.2) is 47.0 Å². The molecule has 3 rings (SSSR count). The van der Waals surface area contributed by atoms with Gasteiger partial charge in [-0.1, -0.05) is 17.3 Å². The fourth-order valence-electron chi connectivity index (χ4n) is 2.10. The summed E-state index contributed by atoms with van der Waals surface area (Å²) in [6.07, 6.45) is 0. The molecule has 0 spiro atoms. The molecule has 0 saturated carbocycles. The Kier molecular flexibility index (Phi) is 3.68. The second-order valence-electron chi connectivity index (χ2n) is 4.66. The number of ether oxygens (including phenoxy) is 1. The van der Waals surface area contributed by atoms with Crippen molar-refractivity contribution < 1.29 is 24.3 Å². The number of hydrogen-bond donors (Lipinski definition) is 2. The molecule has 2 aromatic carbocycles. The van der Waals surface area contributed by atoms with Gasteiger partial charge in [0, 0.05) is 5.56 Å². The Balaban J connectivity index is 2.02. The number of carbonyl (C=O) groups is 1. The van der Waals surface area contributed by atoms with Crippen LogP contribution in [0.3, 0.4) is 0 Å². The largest absolute Gasteiger partial charge is 0.506 e. The predicted octanol–water partition coefficient (Wildman–Crippen LogP) is 2.82. The minimum Gasteiger partial charge on any atom is -0.506 e. The van der Waals surface area contributed by atoms with Gasteiger partial charge in [-0.25, -0.2) is 4.79 Å². The Bertz CT molecular complexity index is 872. The standard InChI is InChI=1S/C16H12N2O5/c1-22-10-5-2-4-9(8-10)15-17-14(18-23-15)11-6-3-7-12(13(11)19)16(20)21/h2-8,19H,1H3,(H,20,21). The van der Waals surface area contributed by atoms with Gasteiger partial charge in [-0.3, -0.25) is 0 Å². The molecule has 1 aromatic heterocycles. The molecule has 0 aliphatic carbocycles. The summed E-state index contributed by atoms with van der Waals surface area (Å²) in [6.45, 7) is 0. The van der Waals surface area contributed by atoms with Gasteiger partial charge in [0.15, 0.2) is 0 Å². The first-order chi connectivity index (χ1) is 11.1. The molecule has 0 saturated heterocycles. The molecule has 23 heavy (non-hydrogen) atoms. The SMILES string of the molecule is COc1cccc(-c2nc(-c3cccc(C(=O)O)c3O)no2)c1. The smallest absolute Gasteiger partial charge is 0.339 e. The maximum Gasteiger partial charge on any atom is 0.339 e. The summed E-state index contributed by atoms with van der Waals surface area (Å²) in [5, 5.41) is 22.9. The highest BCUT2D eigenvalue weighted by molar-refractivity contribution is 5.93. The van der Waals surface area contributed by atoms with Gasteiger partial charge in [-0.15, -0.1) is 0 Å². The monoisotopic (exact) mass is 312 g/mol. The van der Waals surface area contributed by atoms with Crippen molar-refractivity contribution in [2.24, 2.45) is 0 Å². The number of nitrogens with zero attached hydrogens (tertiary/aromatic N) is 2. The zero-order chi connectivity index (χ0) is 16.4. The van der Waals surface area contributed by atoms with Gasteiger partial charge in [-0.05, 0) is 30.3 Å². The van der Waals surface area contributed by atoms with Crippen LogP contribution in [0.5, 0.6) is 11.5 Å². The maximum atomic E-state index is 11.1. The van der Waals surface area contributed by atoms with Crippen molar-refractivity contribution in [1.29, 1.82) is 0 Å². The Morgan fingerprint density at radius 3 is 2.74 bits per heavy atom. The number of carboxylic acid groups (broad SMARTS) is 1. The van der Waals surface area contributed by atoms with E-state index in [-0.39, 0.29) is 22.8 Å². The predicted molar refractivity (Wildman–Crippen MR) is 80.3 cm³/mol. The van der Waals surface area contributed by atoms with Gasteiger partial charge >= 0.3 is 5.97 Å². The molecule has 0 atom stereocenters. The van der Waals surface area contributed by atoms with E-state index in [1.54, 1.807) is 31.4 Å². The second kappa shape index (κ2) is 5.80. The lowest BCUT2D eigenvalue weighted by Crippen LogP contribution is -1.97. The number of aromatic nitrogens is 2. The summed E-state index contributed by atoms with van der Waals surface area (Å²) in [7, 11) is 1.55. The van der Waals surface area contributed by atoms with Crippen molar-refractivity contribution in [1.82, 2.24) is 10.1 Å². The summed E-state index contributed by atoms with van der Waals surface area (Å²) < 4.78 is 10.3. The van der Waals surface area contributed by atoms with Crippen molar-refractivity contribution in [3.05, 3.63) is 48.0 Å². The van der Waals surface area contributed by atoms with E-state index >= 15 is 0 Å². The summed E-state index contributed by atoms with van der Waals surface area (Å²) >= 11 is 0. The number of phenols is 1. The Morgan fingerprint density at radius 1 is 1.22 bits per heavy atom. The summed E-state index contributed by atoms with van der Waals surface area (Å²) in [4.78, 5) is 15.3. The van der Waals surface area contributed by atoms with Gasteiger partial charge < -0.3 is 19.5 Å². The number of aromatic hydroxyl groups is 1. The first-order valence-corrected chi connectivity index (χ1v) is 6.64. The average Bonchev–Trinajstić information content (AvgIpc) is 3.04. The third-order valence-corrected chi connectivity index (χ3v) is 3.25. The lowest BCUT2D eigenvalue weighted by Gasteiger charge is -2.02. The molecule has 0 amide bonds. The molecule has 0 aliphatic rings. The van der Waals surface area contributed by atoms with E-state index in [2.05, 4.69) is 10.1 Å². The molecule has 0 fully saturated rings. The van der Waals surface area contributed by atoms with E-state index < -0.39 is 11.7 Å². The van der Waals surface area contributed by atoms with Crippen LogP contribution in [0.4, 0.5) is 0 Å². The molecule has 116 valence electrons. The van der Waals surface area contributed by atoms with Gasteiger partial charge in [0.2, 0.25) is 5.82 Å². The fraction of sp³-hybridized carbons (Fsp3) is 0.0625. The quantitative estimate of drug-likeness (QED) is 0.763. The van der Waals surface area contributed by atoms with Crippen LogP contribution < -0.4 is 4.74 Å². The highest BCUT2D eigenvalue weighted by Gasteiger charge is 2.18. The van der Waals surface area contributed by atoms with E-state index in [0.717, 1.165) is 0 Å². The molecule has 3 aromatic rings. The normalized spacial score (nSPS) is 10.5. The minimum absolute atomic E-state index is 0.100. The van der Waals surface area contributed by atoms with Crippen LogP contribution in [0, 0.1) is 0 Å². The first-order valence-electron chi connectivity index (χ1n) is 6.64. The van der Waals surface area contributed by atoms with Gasteiger partial charge in [0.05, 0.1) is 12.7 Å². The Hall–Kier alpha value is -3.35. The van der Waals surface area contributed by atoms with Crippen molar-refractivity contribution in [2.45, 2.75) is 0 Å². The number of methoxy groups -OCH3 is 1. The third kappa shape index (κ3) is 2.71. The van der Waals surface area contributed by atoms with Gasteiger partial charge in [0.25, 0.3) is 5.89 Å². The molecule has 0 bridgehead atoms. The topological polar surface area (TPSA) is 106 Å². The second-order valence-corrected chi connectivity index (χ2v) is 4.66. The van der Waals surface area contributed by atoms with Crippen LogP contribution in [-0.4, -0.2) is 33.4 Å². The van der Waals surface area contributed by atoms with Crippen LogP contribution in [0.2, 0.25) is 0 Å². The van der Waals surface area contributed by atoms with Gasteiger partial charge in [-0.2, -0.15) is 4.98 Å². The highest BCUT2D eigenvalue weighted by Crippen LogP contribution is 2.32. The number of aromatic carboxylic acids is 1. The summed E-state index contributed by atoms with van der Waals surface area (Å²) in [5.74, 6) is -0.667. The van der Waals surface area contributed by atoms with Crippen LogP contribution >= 0.6 is 0 Å². The first kappa shape index (κ1) is 14.6. The number of carboxylic acids is 1. The summed E-state index contributed by atoms with van der Waals surface area (Å²) in [6, 6.07) is 11.4. The number of para-hydroxylation sites is 1. The van der Waals surface area contributed by atoms with E-state index in [0.29, 0.717) is 11.3 Å². The van der Waals surface area contributed by atoms with Crippen molar-refractivity contribution in [3.8, 4) is 34.3 Å². The van der Waals surface area contributed by atoms with E-state index in [1.165, 1.54) is 18.2 Å². The summed E-state index contributed by atoms with van der Waals surface area (Å²) in [5.41, 5.74) is 0.606. The lowest BCUT2D eigenvalue weighted by molar-refractivity contribution is 0.0694. The zero-order valence-corrected chi connectivity index (χ0v) is 12.1. The number of benzene rings is 2.